The Morgan fingerprint density at radius 1 is 1.58 bits per heavy atom. The lowest BCUT2D eigenvalue weighted by Gasteiger charge is -2.21. The van der Waals surface area contributed by atoms with Crippen LogP contribution in [0.4, 0.5) is 0 Å². The van der Waals surface area contributed by atoms with Crippen LogP contribution in [0.5, 0.6) is 0 Å². The topological polar surface area (TPSA) is 63.3 Å². The van der Waals surface area contributed by atoms with Crippen LogP contribution >= 0.6 is 0 Å². The quantitative estimate of drug-likeness (QED) is 0.596. The second-order valence-electron chi connectivity index (χ2n) is 2.78. The third-order valence-corrected chi connectivity index (χ3v) is 1.66. The van der Waals surface area contributed by atoms with Crippen LogP contribution < -0.4 is 5.73 Å². The fraction of sp³-hybridized carbons (Fsp3) is 0.222. The van der Waals surface area contributed by atoms with Gasteiger partial charge in [-0.3, -0.25) is 0 Å². The van der Waals surface area contributed by atoms with E-state index < -0.39 is 11.5 Å². The number of nitrogens with two attached hydrogens (primary N) is 1. The third kappa shape index (κ3) is 2.36. The standard InChI is InChI=1S/C9H11NO2/c10-9(7-4-8(11)12)5-2-1-3-6-9/h1-5,7H,6,10H2,(H,11,12). The third-order valence-electron chi connectivity index (χ3n) is 1.66. The summed E-state index contributed by atoms with van der Waals surface area (Å²) in [6.07, 6.45) is 10.6. The number of hydrogen-bond donors (Lipinski definition) is 2. The van der Waals surface area contributed by atoms with Crippen molar-refractivity contribution >= 4 is 5.97 Å². The molecule has 0 radical (unpaired) electrons. The van der Waals surface area contributed by atoms with E-state index in [1.807, 2.05) is 18.2 Å². The van der Waals surface area contributed by atoms with Crippen LogP contribution in [0, 0.1) is 0 Å². The van der Waals surface area contributed by atoms with Crippen molar-refractivity contribution in [1.82, 2.24) is 0 Å². The molecule has 64 valence electrons. The number of carbonyl (C=O) groups is 1. The van der Waals surface area contributed by atoms with E-state index in [4.69, 9.17) is 10.8 Å². The van der Waals surface area contributed by atoms with E-state index in [9.17, 15) is 4.79 Å². The second-order valence-corrected chi connectivity index (χ2v) is 2.78. The van der Waals surface area contributed by atoms with Crippen molar-refractivity contribution in [2.24, 2.45) is 5.73 Å². The van der Waals surface area contributed by atoms with Gasteiger partial charge in [-0.15, -0.1) is 0 Å². The van der Waals surface area contributed by atoms with Gasteiger partial charge in [0.25, 0.3) is 0 Å². The lowest BCUT2D eigenvalue weighted by atomic mass is 9.92. The molecule has 0 heterocycles. The predicted molar refractivity (Wildman–Crippen MR) is 46.6 cm³/mol. The SMILES string of the molecule is NC1(C=CC(=O)O)C=CC=CC1. The average molecular weight is 165 g/mol. The van der Waals surface area contributed by atoms with Crippen molar-refractivity contribution in [3.63, 3.8) is 0 Å². The van der Waals surface area contributed by atoms with Crippen molar-refractivity contribution in [2.45, 2.75) is 12.0 Å². The molecule has 1 unspecified atom stereocenters. The van der Waals surface area contributed by atoms with Gasteiger partial charge in [-0.05, 0) is 6.42 Å². The molecule has 0 spiro atoms. The molecule has 0 aromatic heterocycles. The van der Waals surface area contributed by atoms with Gasteiger partial charge in [-0.2, -0.15) is 0 Å². The van der Waals surface area contributed by atoms with E-state index in [-0.39, 0.29) is 0 Å². The zero-order valence-electron chi connectivity index (χ0n) is 6.60. The first-order valence-corrected chi connectivity index (χ1v) is 3.68. The molecule has 0 amide bonds. The van der Waals surface area contributed by atoms with Crippen LogP contribution in [-0.4, -0.2) is 16.6 Å². The second kappa shape index (κ2) is 3.36. The van der Waals surface area contributed by atoms with Crippen LogP contribution in [0.25, 0.3) is 0 Å². The maximum Gasteiger partial charge on any atom is 0.328 e. The molecule has 1 atom stereocenters. The predicted octanol–water partition coefficient (Wildman–Crippen LogP) is 0.841. The number of carboxylic acids is 1. The largest absolute Gasteiger partial charge is 0.478 e. The summed E-state index contributed by atoms with van der Waals surface area (Å²) in [6.45, 7) is 0. The summed E-state index contributed by atoms with van der Waals surface area (Å²) in [6, 6.07) is 0. The number of allylic oxidation sites excluding steroid dienone is 2. The van der Waals surface area contributed by atoms with Crippen LogP contribution in [0.1, 0.15) is 6.42 Å². The summed E-state index contributed by atoms with van der Waals surface area (Å²) in [5, 5.41) is 8.37. The molecule has 12 heavy (non-hydrogen) atoms. The summed E-state index contributed by atoms with van der Waals surface area (Å²) >= 11 is 0. The first-order valence-electron chi connectivity index (χ1n) is 3.68. The van der Waals surface area contributed by atoms with E-state index in [0.717, 1.165) is 6.08 Å². The zero-order chi connectivity index (χ0) is 9.03. The fourth-order valence-electron chi connectivity index (χ4n) is 1.00. The summed E-state index contributed by atoms with van der Waals surface area (Å²) in [4.78, 5) is 10.2. The maximum absolute atomic E-state index is 10.2. The van der Waals surface area contributed by atoms with Gasteiger partial charge in [0, 0.05) is 6.08 Å². The van der Waals surface area contributed by atoms with Crippen LogP contribution in [0.3, 0.4) is 0 Å². The number of rotatable bonds is 2. The molecule has 0 bridgehead atoms. The Bertz CT molecular complexity index is 266. The lowest BCUT2D eigenvalue weighted by Crippen LogP contribution is -2.35. The van der Waals surface area contributed by atoms with Crippen LogP contribution in [-0.2, 0) is 4.79 Å². The van der Waals surface area contributed by atoms with E-state index >= 15 is 0 Å². The van der Waals surface area contributed by atoms with Gasteiger partial charge in [-0.25, -0.2) is 4.79 Å². The van der Waals surface area contributed by atoms with Gasteiger partial charge in [0.05, 0.1) is 5.54 Å². The Morgan fingerprint density at radius 2 is 2.33 bits per heavy atom. The molecule has 1 aliphatic rings. The first kappa shape index (κ1) is 8.74. The summed E-state index contributed by atoms with van der Waals surface area (Å²) in [7, 11) is 0. The summed E-state index contributed by atoms with van der Waals surface area (Å²) in [5.41, 5.74) is 5.20. The highest BCUT2D eigenvalue weighted by atomic mass is 16.4. The normalized spacial score (nSPS) is 28.1. The first-order chi connectivity index (χ1) is 5.62. The molecule has 3 nitrogen and oxygen atoms in total. The fourth-order valence-corrected chi connectivity index (χ4v) is 1.00. The highest BCUT2D eigenvalue weighted by Gasteiger charge is 2.17. The van der Waals surface area contributed by atoms with Gasteiger partial charge < -0.3 is 10.8 Å². The molecule has 1 rings (SSSR count). The molecule has 3 heteroatoms. The minimum absolute atomic E-state index is 0.618. The van der Waals surface area contributed by atoms with Crippen molar-refractivity contribution < 1.29 is 9.90 Å². The van der Waals surface area contributed by atoms with Crippen molar-refractivity contribution in [1.29, 1.82) is 0 Å². The summed E-state index contributed by atoms with van der Waals surface area (Å²) < 4.78 is 0. The Morgan fingerprint density at radius 3 is 2.83 bits per heavy atom. The minimum Gasteiger partial charge on any atom is -0.478 e. The van der Waals surface area contributed by atoms with Gasteiger partial charge in [0.1, 0.15) is 0 Å². The highest BCUT2D eigenvalue weighted by molar-refractivity contribution is 5.80. The van der Waals surface area contributed by atoms with E-state index in [2.05, 4.69) is 0 Å². The van der Waals surface area contributed by atoms with E-state index in [1.165, 1.54) is 6.08 Å². The van der Waals surface area contributed by atoms with Crippen LogP contribution in [0.2, 0.25) is 0 Å². The molecule has 0 aromatic carbocycles. The molecular formula is C9H11NO2. The number of carboxylic acid groups (broad SMARTS) is 1. The molecular weight excluding hydrogens is 154 g/mol. The average Bonchev–Trinajstić information content (AvgIpc) is 2.03. The lowest BCUT2D eigenvalue weighted by molar-refractivity contribution is -0.131. The number of hydrogen-bond acceptors (Lipinski definition) is 2. The van der Waals surface area contributed by atoms with E-state index in [0.29, 0.717) is 6.42 Å². The van der Waals surface area contributed by atoms with Crippen molar-refractivity contribution in [2.75, 3.05) is 0 Å². The smallest absolute Gasteiger partial charge is 0.328 e. The monoisotopic (exact) mass is 165 g/mol. The van der Waals surface area contributed by atoms with Crippen molar-refractivity contribution in [3.05, 3.63) is 36.5 Å². The molecule has 0 saturated heterocycles. The molecule has 1 aliphatic carbocycles. The Hall–Kier alpha value is -1.35. The number of aliphatic carboxylic acids is 1. The molecule has 0 aromatic rings. The molecule has 0 aliphatic heterocycles. The highest BCUT2D eigenvalue weighted by Crippen LogP contribution is 2.15. The van der Waals surface area contributed by atoms with Gasteiger partial charge in [0.15, 0.2) is 0 Å². The van der Waals surface area contributed by atoms with E-state index in [1.54, 1.807) is 6.08 Å². The Labute approximate surface area is 70.9 Å². The molecule has 0 fully saturated rings. The Balaban J connectivity index is 2.67. The van der Waals surface area contributed by atoms with Gasteiger partial charge >= 0.3 is 5.97 Å². The Kier molecular flexibility index (Phi) is 2.45. The molecule has 0 saturated carbocycles. The van der Waals surface area contributed by atoms with Gasteiger partial charge in [-0.1, -0.05) is 30.4 Å². The van der Waals surface area contributed by atoms with Crippen LogP contribution in [0.15, 0.2) is 36.5 Å². The summed E-state index contributed by atoms with van der Waals surface area (Å²) in [5.74, 6) is -0.970. The molecule has 3 N–H and O–H groups in total. The zero-order valence-corrected chi connectivity index (χ0v) is 6.60. The minimum atomic E-state index is -0.970. The maximum atomic E-state index is 10.2. The van der Waals surface area contributed by atoms with Gasteiger partial charge in [0.2, 0.25) is 0 Å². The van der Waals surface area contributed by atoms with Crippen molar-refractivity contribution in [3.8, 4) is 0 Å².